The first kappa shape index (κ1) is 20.9. The van der Waals surface area contributed by atoms with Gasteiger partial charge in [-0.25, -0.2) is 9.37 Å². The van der Waals surface area contributed by atoms with E-state index in [0.29, 0.717) is 27.8 Å². The lowest BCUT2D eigenvalue weighted by atomic mass is 10.1. The van der Waals surface area contributed by atoms with Crippen LogP contribution in [-0.4, -0.2) is 10.5 Å². The minimum atomic E-state index is -4.37. The average Bonchev–Trinajstić information content (AvgIpc) is 3.12. The molecule has 0 saturated carbocycles. The Morgan fingerprint density at radius 3 is 2.34 bits per heavy atom. The topological polar surface area (TPSA) is 26.0 Å². The van der Waals surface area contributed by atoms with E-state index in [1.807, 2.05) is 13.8 Å². The summed E-state index contributed by atoms with van der Waals surface area (Å²) in [4.78, 5) is 4.38. The van der Waals surface area contributed by atoms with Crippen molar-refractivity contribution in [3.05, 3.63) is 72.5 Å². The minimum absolute atomic E-state index is 0.0503. The minimum Gasteiger partial charge on any atom is -0.436 e. The summed E-state index contributed by atoms with van der Waals surface area (Å²) in [7, 11) is 0. The van der Waals surface area contributed by atoms with Crippen LogP contribution in [0.2, 0.25) is 0 Å². The second-order valence-corrected chi connectivity index (χ2v) is 6.90. The number of benzene rings is 3. The Labute approximate surface area is 169 Å². The molecular weight excluding hydrogens is 402 g/mol. The van der Waals surface area contributed by atoms with Gasteiger partial charge in [-0.05, 0) is 53.7 Å². The van der Waals surface area contributed by atoms with Gasteiger partial charge in [0.05, 0.1) is 0 Å². The fourth-order valence-corrected chi connectivity index (χ4v) is 3.34. The smallest absolute Gasteiger partial charge is 0.436 e. The van der Waals surface area contributed by atoms with Gasteiger partial charge >= 0.3 is 5.51 Å². The number of hydrogen-bond donors (Lipinski definition) is 0. The first-order chi connectivity index (χ1) is 13.9. The van der Waals surface area contributed by atoms with Crippen LogP contribution in [0.5, 0.6) is 0 Å². The van der Waals surface area contributed by atoms with Gasteiger partial charge in [0.25, 0.3) is 0 Å². The van der Waals surface area contributed by atoms with Crippen molar-refractivity contribution in [2.75, 3.05) is 0 Å². The molecule has 0 amide bonds. The number of halogens is 4. The van der Waals surface area contributed by atoms with Crippen LogP contribution in [0.1, 0.15) is 13.8 Å². The van der Waals surface area contributed by atoms with Crippen molar-refractivity contribution in [3.63, 3.8) is 0 Å². The van der Waals surface area contributed by atoms with Crippen LogP contribution in [0.4, 0.5) is 17.6 Å². The Morgan fingerprint density at radius 2 is 1.62 bits per heavy atom. The van der Waals surface area contributed by atoms with Crippen molar-refractivity contribution in [3.8, 4) is 22.6 Å². The van der Waals surface area contributed by atoms with Gasteiger partial charge in [-0.2, -0.15) is 13.2 Å². The molecule has 0 radical (unpaired) electrons. The molecule has 0 aliphatic rings. The fraction of sp³-hybridized carbons (Fsp3) is 0.136. The second-order valence-electron chi connectivity index (χ2n) is 5.76. The maximum atomic E-state index is 14.0. The Kier molecular flexibility index (Phi) is 6.27. The third-order valence-electron chi connectivity index (χ3n) is 3.89. The Hall–Kier alpha value is -2.80. The van der Waals surface area contributed by atoms with E-state index in [0.717, 1.165) is 0 Å². The summed E-state index contributed by atoms with van der Waals surface area (Å²) >= 11 is -0.193. The lowest BCUT2D eigenvalue weighted by Crippen LogP contribution is -1.98. The average molecular weight is 419 g/mol. The van der Waals surface area contributed by atoms with E-state index in [1.54, 1.807) is 42.5 Å². The van der Waals surface area contributed by atoms with Crippen molar-refractivity contribution in [2.45, 2.75) is 24.3 Å². The summed E-state index contributed by atoms with van der Waals surface area (Å²) in [6.45, 7) is 4.00. The van der Waals surface area contributed by atoms with E-state index >= 15 is 0 Å². The van der Waals surface area contributed by atoms with Crippen molar-refractivity contribution in [1.82, 2.24) is 4.98 Å². The molecule has 0 bridgehead atoms. The molecule has 7 heteroatoms. The van der Waals surface area contributed by atoms with Gasteiger partial charge in [-0.1, -0.05) is 44.2 Å². The van der Waals surface area contributed by atoms with Gasteiger partial charge in [0.1, 0.15) is 11.3 Å². The predicted octanol–water partition coefficient (Wildman–Crippen LogP) is 7.94. The fourth-order valence-electron chi connectivity index (χ4n) is 2.74. The molecule has 1 heterocycles. The van der Waals surface area contributed by atoms with E-state index in [2.05, 4.69) is 4.98 Å². The monoisotopic (exact) mass is 419 g/mol. The van der Waals surface area contributed by atoms with Crippen LogP contribution in [0.15, 0.2) is 76.0 Å². The number of thioether (sulfide) groups is 1. The first-order valence-corrected chi connectivity index (χ1v) is 9.72. The molecule has 2 nitrogen and oxygen atoms in total. The van der Waals surface area contributed by atoms with Crippen molar-refractivity contribution >= 4 is 22.9 Å². The van der Waals surface area contributed by atoms with E-state index in [1.165, 1.54) is 24.3 Å². The molecule has 0 atom stereocenters. The quantitative estimate of drug-likeness (QED) is 0.249. The molecule has 4 aromatic rings. The molecule has 29 heavy (non-hydrogen) atoms. The Balaban J connectivity index is 0.00000117. The van der Waals surface area contributed by atoms with Crippen LogP contribution >= 0.6 is 11.8 Å². The first-order valence-electron chi connectivity index (χ1n) is 8.91. The lowest BCUT2D eigenvalue weighted by molar-refractivity contribution is -0.0328. The zero-order valence-electron chi connectivity index (χ0n) is 15.6. The summed E-state index contributed by atoms with van der Waals surface area (Å²) < 4.78 is 57.4. The molecule has 0 saturated heterocycles. The van der Waals surface area contributed by atoms with Crippen LogP contribution < -0.4 is 0 Å². The second kappa shape index (κ2) is 8.69. The van der Waals surface area contributed by atoms with Crippen LogP contribution in [-0.2, 0) is 0 Å². The van der Waals surface area contributed by atoms with Gasteiger partial charge in [0.2, 0.25) is 5.89 Å². The molecule has 0 aliphatic heterocycles. The zero-order valence-corrected chi connectivity index (χ0v) is 16.4. The standard InChI is InChI=1S/C20H11F4NOS.C2H6/c21-16-7-2-1-6-15(16)12-8-9-17-18(11-12)26-19(25-17)13-4-3-5-14(10-13)27-20(22,23)24;1-2/h1-11H;1-2H3. The van der Waals surface area contributed by atoms with Gasteiger partial charge in [0.15, 0.2) is 5.58 Å². The maximum Gasteiger partial charge on any atom is 0.446 e. The summed E-state index contributed by atoms with van der Waals surface area (Å²) in [6, 6.07) is 17.3. The summed E-state index contributed by atoms with van der Waals surface area (Å²) in [5, 5.41) is 0. The highest BCUT2D eigenvalue weighted by Gasteiger charge is 2.29. The van der Waals surface area contributed by atoms with E-state index in [-0.39, 0.29) is 28.4 Å². The highest BCUT2D eigenvalue weighted by molar-refractivity contribution is 8.00. The zero-order chi connectivity index (χ0) is 21.0. The van der Waals surface area contributed by atoms with Crippen molar-refractivity contribution in [2.24, 2.45) is 0 Å². The predicted molar refractivity (Wildman–Crippen MR) is 108 cm³/mol. The molecule has 1 aromatic heterocycles. The molecule has 0 fully saturated rings. The molecule has 150 valence electrons. The number of alkyl halides is 3. The molecule has 0 N–H and O–H groups in total. The summed E-state index contributed by atoms with van der Waals surface area (Å²) in [6.07, 6.45) is 0. The number of fused-ring (bicyclic) bond motifs is 1. The highest BCUT2D eigenvalue weighted by Crippen LogP contribution is 2.38. The van der Waals surface area contributed by atoms with Gasteiger partial charge < -0.3 is 4.42 Å². The van der Waals surface area contributed by atoms with Crippen LogP contribution in [0, 0.1) is 5.82 Å². The molecule has 3 aromatic carbocycles. The van der Waals surface area contributed by atoms with Gasteiger partial charge in [0, 0.05) is 16.0 Å². The largest absolute Gasteiger partial charge is 0.446 e. The summed E-state index contributed by atoms with van der Waals surface area (Å²) in [5.41, 5.74) is -1.90. The SMILES string of the molecule is CC.Fc1ccccc1-c1ccc2nc(-c3cccc(SC(F)(F)F)c3)oc2c1. The highest BCUT2D eigenvalue weighted by atomic mass is 32.2. The third-order valence-corrected chi connectivity index (χ3v) is 4.61. The number of nitrogens with zero attached hydrogens (tertiary/aromatic N) is 1. The van der Waals surface area contributed by atoms with E-state index in [9.17, 15) is 17.6 Å². The lowest BCUT2D eigenvalue weighted by Gasteiger charge is -2.05. The van der Waals surface area contributed by atoms with Crippen molar-refractivity contribution < 1.29 is 22.0 Å². The molecule has 0 unspecified atom stereocenters. The maximum absolute atomic E-state index is 14.0. The number of oxazole rings is 1. The van der Waals surface area contributed by atoms with Crippen LogP contribution in [0.3, 0.4) is 0 Å². The number of hydrogen-bond acceptors (Lipinski definition) is 3. The molecule has 0 spiro atoms. The Morgan fingerprint density at radius 1 is 0.862 bits per heavy atom. The van der Waals surface area contributed by atoms with E-state index in [4.69, 9.17) is 4.42 Å². The molecule has 0 aliphatic carbocycles. The number of rotatable bonds is 3. The van der Waals surface area contributed by atoms with Gasteiger partial charge in [-0.3, -0.25) is 0 Å². The van der Waals surface area contributed by atoms with E-state index < -0.39 is 5.51 Å². The number of aromatic nitrogens is 1. The van der Waals surface area contributed by atoms with Gasteiger partial charge in [-0.15, -0.1) is 0 Å². The molecule has 4 rings (SSSR count). The van der Waals surface area contributed by atoms with Crippen LogP contribution in [0.25, 0.3) is 33.7 Å². The third kappa shape index (κ3) is 4.98. The Bertz CT molecular complexity index is 1120. The normalized spacial score (nSPS) is 11.2. The summed E-state index contributed by atoms with van der Waals surface area (Å²) in [5.74, 6) is -0.145. The molecular formula is C22H17F4NOS. The van der Waals surface area contributed by atoms with Crippen molar-refractivity contribution in [1.29, 1.82) is 0 Å².